The second-order valence-corrected chi connectivity index (χ2v) is 5.26. The third kappa shape index (κ3) is 2.34. The largest absolute Gasteiger partial charge is 0.357 e. The summed E-state index contributed by atoms with van der Waals surface area (Å²) in [6.45, 7) is 0. The quantitative estimate of drug-likeness (QED) is 0.817. The Morgan fingerprint density at radius 3 is 2.88 bits per heavy atom. The molecule has 0 aliphatic heterocycles. The van der Waals surface area contributed by atoms with Crippen LogP contribution >= 0.6 is 12.2 Å². The van der Waals surface area contributed by atoms with Crippen LogP contribution in [0.15, 0.2) is 18.5 Å². The Balaban J connectivity index is 1.83. The molecule has 0 saturated heterocycles. The van der Waals surface area contributed by atoms with Gasteiger partial charge in [0.15, 0.2) is 0 Å². The molecule has 17 heavy (non-hydrogen) atoms. The number of nitrogens with zero attached hydrogens (tertiary/aromatic N) is 2. The van der Waals surface area contributed by atoms with Gasteiger partial charge in [-0.1, -0.05) is 0 Å². The van der Waals surface area contributed by atoms with E-state index in [1.165, 1.54) is 18.4 Å². The number of aromatic nitrogens is 4. The van der Waals surface area contributed by atoms with Gasteiger partial charge in [-0.2, -0.15) is 0 Å². The molecule has 1 fully saturated rings. The van der Waals surface area contributed by atoms with E-state index < -0.39 is 0 Å². The fraction of sp³-hybridized carbons (Fsp3) is 0.500. The smallest absolute Gasteiger partial charge is 0.213 e. The van der Waals surface area contributed by atoms with Crippen LogP contribution in [-0.2, 0) is 13.5 Å². The molecule has 1 atom stereocenters. The van der Waals surface area contributed by atoms with Gasteiger partial charge in [0.2, 0.25) is 4.77 Å². The SMILES string of the molecule is Cn1ccc(C(Cc2nc(=S)[nH][nH]2)C2CC2)c1. The molecular formula is C12H16N4S. The molecule has 1 aliphatic rings. The highest BCUT2D eigenvalue weighted by molar-refractivity contribution is 7.71. The lowest BCUT2D eigenvalue weighted by Gasteiger charge is -2.12. The number of nitrogens with one attached hydrogen (secondary N) is 2. The van der Waals surface area contributed by atoms with E-state index in [1.807, 2.05) is 0 Å². The van der Waals surface area contributed by atoms with Gasteiger partial charge in [-0.05, 0) is 48.5 Å². The maximum atomic E-state index is 4.99. The fourth-order valence-electron chi connectivity index (χ4n) is 2.41. The van der Waals surface area contributed by atoms with Crippen molar-refractivity contribution in [2.75, 3.05) is 0 Å². The Labute approximate surface area is 105 Å². The van der Waals surface area contributed by atoms with E-state index >= 15 is 0 Å². The fourth-order valence-corrected chi connectivity index (χ4v) is 2.57. The van der Waals surface area contributed by atoms with Gasteiger partial charge < -0.3 is 4.57 Å². The summed E-state index contributed by atoms with van der Waals surface area (Å²) in [6, 6.07) is 2.21. The summed E-state index contributed by atoms with van der Waals surface area (Å²) in [5, 5.41) is 5.91. The minimum atomic E-state index is 0.544. The number of hydrogen-bond donors (Lipinski definition) is 2. The van der Waals surface area contributed by atoms with E-state index in [1.54, 1.807) is 0 Å². The van der Waals surface area contributed by atoms with E-state index in [0.29, 0.717) is 10.7 Å². The maximum Gasteiger partial charge on any atom is 0.213 e. The third-order valence-electron chi connectivity index (χ3n) is 3.44. The Hall–Kier alpha value is -1.36. The van der Waals surface area contributed by atoms with E-state index in [0.717, 1.165) is 18.2 Å². The summed E-state index contributed by atoms with van der Waals surface area (Å²) in [5.74, 6) is 2.36. The van der Waals surface area contributed by atoms with Crippen LogP contribution in [0.5, 0.6) is 0 Å². The van der Waals surface area contributed by atoms with Gasteiger partial charge in [0.25, 0.3) is 0 Å². The molecule has 4 nitrogen and oxygen atoms in total. The Morgan fingerprint density at radius 2 is 2.35 bits per heavy atom. The van der Waals surface area contributed by atoms with Crippen molar-refractivity contribution in [1.29, 1.82) is 0 Å². The predicted molar refractivity (Wildman–Crippen MR) is 68.4 cm³/mol. The summed E-state index contributed by atoms with van der Waals surface area (Å²) < 4.78 is 2.65. The van der Waals surface area contributed by atoms with Crippen molar-refractivity contribution < 1.29 is 0 Å². The van der Waals surface area contributed by atoms with Crippen LogP contribution in [0.3, 0.4) is 0 Å². The van der Waals surface area contributed by atoms with Gasteiger partial charge in [-0.3, -0.25) is 10.2 Å². The molecule has 0 spiro atoms. The van der Waals surface area contributed by atoms with E-state index in [2.05, 4.69) is 45.3 Å². The van der Waals surface area contributed by atoms with Crippen LogP contribution in [0.1, 0.15) is 30.1 Å². The molecule has 90 valence electrons. The molecule has 2 aromatic heterocycles. The average molecular weight is 248 g/mol. The molecule has 2 aromatic rings. The first-order valence-electron chi connectivity index (χ1n) is 5.98. The number of rotatable bonds is 4. The van der Waals surface area contributed by atoms with Gasteiger partial charge in [-0.25, -0.2) is 4.98 Å². The predicted octanol–water partition coefficient (Wildman–Crippen LogP) is 2.54. The van der Waals surface area contributed by atoms with Gasteiger partial charge in [0.1, 0.15) is 5.82 Å². The Bertz CT molecular complexity index is 561. The van der Waals surface area contributed by atoms with Crippen molar-refractivity contribution in [2.24, 2.45) is 13.0 Å². The van der Waals surface area contributed by atoms with Crippen LogP contribution < -0.4 is 0 Å². The highest BCUT2D eigenvalue weighted by Crippen LogP contribution is 2.44. The first-order chi connectivity index (χ1) is 8.22. The lowest BCUT2D eigenvalue weighted by atomic mass is 9.93. The summed E-state index contributed by atoms with van der Waals surface area (Å²) in [4.78, 5) is 4.29. The number of aryl methyl sites for hydroxylation is 1. The van der Waals surface area contributed by atoms with Gasteiger partial charge in [-0.15, -0.1) is 0 Å². The van der Waals surface area contributed by atoms with Crippen molar-refractivity contribution in [1.82, 2.24) is 19.7 Å². The minimum absolute atomic E-state index is 0.544. The lowest BCUT2D eigenvalue weighted by Crippen LogP contribution is -2.06. The van der Waals surface area contributed by atoms with E-state index in [-0.39, 0.29) is 0 Å². The zero-order valence-electron chi connectivity index (χ0n) is 9.81. The number of aromatic amines is 2. The molecule has 1 aliphatic carbocycles. The molecule has 1 saturated carbocycles. The number of H-pyrrole nitrogens is 2. The van der Waals surface area contributed by atoms with Crippen molar-refractivity contribution in [2.45, 2.75) is 25.2 Å². The second-order valence-electron chi connectivity index (χ2n) is 4.87. The van der Waals surface area contributed by atoms with Gasteiger partial charge >= 0.3 is 0 Å². The van der Waals surface area contributed by atoms with Crippen molar-refractivity contribution in [3.05, 3.63) is 34.6 Å². The molecule has 0 aromatic carbocycles. The summed E-state index contributed by atoms with van der Waals surface area (Å²) in [7, 11) is 2.06. The summed E-state index contributed by atoms with van der Waals surface area (Å²) in [5.41, 5.74) is 1.41. The van der Waals surface area contributed by atoms with Crippen molar-refractivity contribution in [3.8, 4) is 0 Å². The van der Waals surface area contributed by atoms with Crippen LogP contribution in [0.2, 0.25) is 0 Å². The zero-order valence-corrected chi connectivity index (χ0v) is 10.6. The second kappa shape index (κ2) is 4.14. The van der Waals surface area contributed by atoms with Crippen LogP contribution in [0, 0.1) is 10.7 Å². The summed E-state index contributed by atoms with van der Waals surface area (Å²) in [6.07, 6.45) is 7.94. The highest BCUT2D eigenvalue weighted by Gasteiger charge is 2.33. The van der Waals surface area contributed by atoms with Gasteiger partial charge in [0.05, 0.1) is 0 Å². The van der Waals surface area contributed by atoms with Crippen LogP contribution in [-0.4, -0.2) is 19.7 Å². The number of hydrogen-bond acceptors (Lipinski definition) is 2. The standard InChI is InChI=1S/C12H16N4S/c1-16-5-4-9(7-16)10(8-2-3-8)6-11-13-12(17)15-14-11/h4-5,7-8,10H,2-3,6H2,1H3,(H2,13,14,15,17). The molecule has 0 amide bonds. The first kappa shape index (κ1) is 10.8. The monoisotopic (exact) mass is 248 g/mol. The molecule has 2 N–H and O–H groups in total. The van der Waals surface area contributed by atoms with Crippen molar-refractivity contribution >= 4 is 12.2 Å². The highest BCUT2D eigenvalue weighted by atomic mass is 32.1. The average Bonchev–Trinajstić information content (AvgIpc) is 2.92. The molecule has 3 rings (SSSR count). The molecule has 0 bridgehead atoms. The topological polar surface area (TPSA) is 49.4 Å². The van der Waals surface area contributed by atoms with Gasteiger partial charge in [0, 0.05) is 25.9 Å². The Morgan fingerprint density at radius 1 is 1.53 bits per heavy atom. The molecule has 5 heteroatoms. The molecule has 0 radical (unpaired) electrons. The maximum absolute atomic E-state index is 4.99. The molecular weight excluding hydrogens is 232 g/mol. The van der Waals surface area contributed by atoms with Crippen molar-refractivity contribution in [3.63, 3.8) is 0 Å². The summed E-state index contributed by atoms with van der Waals surface area (Å²) >= 11 is 4.99. The first-order valence-corrected chi connectivity index (χ1v) is 6.38. The van der Waals surface area contributed by atoms with E-state index in [4.69, 9.17) is 12.2 Å². The third-order valence-corrected chi connectivity index (χ3v) is 3.63. The molecule has 1 unspecified atom stereocenters. The zero-order chi connectivity index (χ0) is 11.8. The Kier molecular flexibility index (Phi) is 2.63. The minimum Gasteiger partial charge on any atom is -0.357 e. The van der Waals surface area contributed by atoms with Crippen LogP contribution in [0.25, 0.3) is 0 Å². The van der Waals surface area contributed by atoms with E-state index in [9.17, 15) is 0 Å². The lowest BCUT2D eigenvalue weighted by molar-refractivity contribution is 0.585. The normalized spacial score (nSPS) is 17.2. The van der Waals surface area contributed by atoms with Crippen LogP contribution in [0.4, 0.5) is 0 Å². The molecule has 2 heterocycles.